The van der Waals surface area contributed by atoms with Gasteiger partial charge in [-0.3, -0.25) is 0 Å². The molecule has 1 N–H and O–H groups in total. The standard InChI is InChI=1S/C12H27NS/c1-4-5-6-7-8-13-9-10-14-11-12(2)3/h12-13H,4-11H2,1-3H3. The molecule has 2 heteroatoms. The largest absolute Gasteiger partial charge is 0.316 e. The van der Waals surface area contributed by atoms with Crippen molar-refractivity contribution in [1.82, 2.24) is 5.32 Å². The van der Waals surface area contributed by atoms with Gasteiger partial charge in [0.25, 0.3) is 0 Å². The molecule has 0 amide bonds. The fraction of sp³-hybridized carbons (Fsp3) is 1.00. The molecule has 86 valence electrons. The Balaban J connectivity index is 2.85. The van der Waals surface area contributed by atoms with Crippen LogP contribution in [0.15, 0.2) is 0 Å². The predicted octanol–water partition coefficient (Wildman–Crippen LogP) is 3.55. The molecule has 0 bridgehead atoms. The van der Waals surface area contributed by atoms with E-state index in [1.54, 1.807) is 0 Å². The summed E-state index contributed by atoms with van der Waals surface area (Å²) in [5.41, 5.74) is 0. The molecule has 0 aliphatic rings. The molecule has 0 saturated heterocycles. The van der Waals surface area contributed by atoms with Crippen LogP contribution >= 0.6 is 11.8 Å². The molecule has 0 heterocycles. The average molecular weight is 217 g/mol. The normalized spacial score (nSPS) is 11.1. The lowest BCUT2D eigenvalue weighted by molar-refractivity contribution is 0.612. The van der Waals surface area contributed by atoms with Crippen molar-refractivity contribution in [2.45, 2.75) is 46.5 Å². The van der Waals surface area contributed by atoms with Crippen LogP contribution in [-0.4, -0.2) is 24.6 Å². The third kappa shape index (κ3) is 12.3. The van der Waals surface area contributed by atoms with Gasteiger partial charge in [-0.05, 0) is 24.6 Å². The molecule has 14 heavy (non-hydrogen) atoms. The van der Waals surface area contributed by atoms with Crippen molar-refractivity contribution in [3.05, 3.63) is 0 Å². The number of thioether (sulfide) groups is 1. The van der Waals surface area contributed by atoms with Gasteiger partial charge >= 0.3 is 0 Å². The van der Waals surface area contributed by atoms with Gasteiger partial charge in [0.15, 0.2) is 0 Å². The molecule has 1 nitrogen and oxygen atoms in total. The highest BCUT2D eigenvalue weighted by Crippen LogP contribution is 2.05. The number of rotatable bonds is 10. The second kappa shape index (κ2) is 11.4. The van der Waals surface area contributed by atoms with Gasteiger partial charge in [0, 0.05) is 12.3 Å². The van der Waals surface area contributed by atoms with Crippen LogP contribution in [0.3, 0.4) is 0 Å². The first-order chi connectivity index (χ1) is 6.77. The third-order valence-corrected chi connectivity index (χ3v) is 3.48. The highest BCUT2D eigenvalue weighted by Gasteiger charge is 1.93. The summed E-state index contributed by atoms with van der Waals surface area (Å²) in [5, 5.41) is 3.50. The van der Waals surface area contributed by atoms with E-state index in [9.17, 15) is 0 Å². The summed E-state index contributed by atoms with van der Waals surface area (Å²) in [6.45, 7) is 9.22. The number of nitrogens with one attached hydrogen (secondary N) is 1. The molecule has 0 spiro atoms. The minimum Gasteiger partial charge on any atom is -0.316 e. The van der Waals surface area contributed by atoms with Crippen molar-refractivity contribution in [1.29, 1.82) is 0 Å². The molecule has 0 rings (SSSR count). The SMILES string of the molecule is CCCCCCNCCSCC(C)C. The summed E-state index contributed by atoms with van der Waals surface area (Å²) < 4.78 is 0. The molecule has 0 atom stereocenters. The van der Waals surface area contributed by atoms with Crippen LogP contribution < -0.4 is 5.32 Å². The summed E-state index contributed by atoms with van der Waals surface area (Å²) in [4.78, 5) is 0. The van der Waals surface area contributed by atoms with Crippen molar-refractivity contribution in [3.63, 3.8) is 0 Å². The van der Waals surface area contributed by atoms with E-state index in [0.717, 1.165) is 5.92 Å². The Kier molecular flexibility index (Phi) is 11.6. The lowest BCUT2D eigenvalue weighted by atomic mass is 10.2. The van der Waals surface area contributed by atoms with Crippen LogP contribution in [0.1, 0.15) is 46.5 Å². The van der Waals surface area contributed by atoms with Gasteiger partial charge in [0.05, 0.1) is 0 Å². The Morgan fingerprint density at radius 1 is 1.07 bits per heavy atom. The number of hydrogen-bond donors (Lipinski definition) is 1. The second-order valence-electron chi connectivity index (χ2n) is 4.28. The lowest BCUT2D eigenvalue weighted by Gasteiger charge is -2.06. The Labute approximate surface area is 94.4 Å². The molecule has 0 fully saturated rings. The van der Waals surface area contributed by atoms with Crippen molar-refractivity contribution in [2.75, 3.05) is 24.6 Å². The minimum atomic E-state index is 0.838. The lowest BCUT2D eigenvalue weighted by Crippen LogP contribution is -2.18. The van der Waals surface area contributed by atoms with E-state index in [4.69, 9.17) is 0 Å². The number of hydrogen-bond acceptors (Lipinski definition) is 2. The fourth-order valence-corrected chi connectivity index (χ4v) is 2.19. The summed E-state index contributed by atoms with van der Waals surface area (Å²) >= 11 is 2.07. The smallest absolute Gasteiger partial charge is 0.00582 e. The highest BCUT2D eigenvalue weighted by molar-refractivity contribution is 7.99. The monoisotopic (exact) mass is 217 g/mol. The van der Waals surface area contributed by atoms with Crippen molar-refractivity contribution >= 4 is 11.8 Å². The highest BCUT2D eigenvalue weighted by atomic mass is 32.2. The number of unbranched alkanes of at least 4 members (excludes halogenated alkanes) is 3. The quantitative estimate of drug-likeness (QED) is 0.562. The van der Waals surface area contributed by atoms with Crippen LogP contribution in [0.4, 0.5) is 0 Å². The van der Waals surface area contributed by atoms with Gasteiger partial charge in [-0.15, -0.1) is 0 Å². The van der Waals surface area contributed by atoms with E-state index < -0.39 is 0 Å². The Morgan fingerprint density at radius 2 is 1.86 bits per heavy atom. The topological polar surface area (TPSA) is 12.0 Å². The molecule has 0 saturated carbocycles. The van der Waals surface area contributed by atoms with Gasteiger partial charge in [-0.25, -0.2) is 0 Å². The van der Waals surface area contributed by atoms with Gasteiger partial charge in [-0.1, -0.05) is 40.0 Å². The summed E-state index contributed by atoms with van der Waals surface area (Å²) in [6.07, 6.45) is 5.47. The molecule has 0 aromatic carbocycles. The Hall–Kier alpha value is 0.310. The zero-order valence-corrected chi connectivity index (χ0v) is 11.0. The average Bonchev–Trinajstić information content (AvgIpc) is 2.15. The van der Waals surface area contributed by atoms with Gasteiger partial charge in [0.2, 0.25) is 0 Å². The van der Waals surface area contributed by atoms with Crippen LogP contribution in [0.2, 0.25) is 0 Å². The summed E-state index contributed by atoms with van der Waals surface area (Å²) in [6, 6.07) is 0. The van der Waals surface area contributed by atoms with Crippen molar-refractivity contribution in [2.24, 2.45) is 5.92 Å². The molecule has 0 aliphatic carbocycles. The summed E-state index contributed by atoms with van der Waals surface area (Å²) in [7, 11) is 0. The van der Waals surface area contributed by atoms with Gasteiger partial charge in [-0.2, -0.15) is 11.8 Å². The molecular weight excluding hydrogens is 190 g/mol. The van der Waals surface area contributed by atoms with Crippen LogP contribution in [0.5, 0.6) is 0 Å². The Morgan fingerprint density at radius 3 is 2.50 bits per heavy atom. The molecule has 0 aromatic heterocycles. The van der Waals surface area contributed by atoms with Gasteiger partial charge in [0.1, 0.15) is 0 Å². The van der Waals surface area contributed by atoms with Gasteiger partial charge < -0.3 is 5.32 Å². The predicted molar refractivity (Wildman–Crippen MR) is 69.2 cm³/mol. The van der Waals surface area contributed by atoms with Crippen molar-refractivity contribution < 1.29 is 0 Å². The fourth-order valence-electron chi connectivity index (χ4n) is 1.27. The van der Waals surface area contributed by atoms with Crippen LogP contribution in [0.25, 0.3) is 0 Å². The van der Waals surface area contributed by atoms with E-state index in [-0.39, 0.29) is 0 Å². The van der Waals surface area contributed by atoms with E-state index in [1.807, 2.05) is 0 Å². The zero-order chi connectivity index (χ0) is 10.6. The zero-order valence-electron chi connectivity index (χ0n) is 10.1. The first-order valence-electron chi connectivity index (χ1n) is 6.05. The van der Waals surface area contributed by atoms with E-state index in [0.29, 0.717) is 0 Å². The third-order valence-electron chi connectivity index (χ3n) is 2.08. The molecule has 0 aromatic rings. The first kappa shape index (κ1) is 14.3. The van der Waals surface area contributed by atoms with Crippen LogP contribution in [0, 0.1) is 5.92 Å². The molecule has 0 unspecified atom stereocenters. The van der Waals surface area contributed by atoms with Crippen molar-refractivity contribution in [3.8, 4) is 0 Å². The maximum absolute atomic E-state index is 3.50. The Bertz CT molecular complexity index is 104. The second-order valence-corrected chi connectivity index (χ2v) is 5.43. The molecule has 0 aliphatic heterocycles. The van der Waals surface area contributed by atoms with E-state index >= 15 is 0 Å². The maximum atomic E-state index is 3.50. The summed E-state index contributed by atoms with van der Waals surface area (Å²) in [5.74, 6) is 3.41. The molecular formula is C12H27NS. The minimum absolute atomic E-state index is 0.838. The first-order valence-corrected chi connectivity index (χ1v) is 7.21. The van der Waals surface area contributed by atoms with E-state index in [1.165, 1.54) is 50.3 Å². The maximum Gasteiger partial charge on any atom is 0.00582 e. The van der Waals surface area contributed by atoms with E-state index in [2.05, 4.69) is 37.8 Å². The van der Waals surface area contributed by atoms with Crippen LogP contribution in [-0.2, 0) is 0 Å². The molecule has 0 radical (unpaired) electrons.